The molecule has 1 aliphatic rings. The molecule has 2 aromatic rings. The van der Waals surface area contributed by atoms with Crippen LogP contribution in [-0.4, -0.2) is 46.8 Å². The Balaban J connectivity index is 1.86. The largest absolute Gasteiger partial charge is 0.374 e. The molecule has 5 nitrogen and oxygen atoms in total. The van der Waals surface area contributed by atoms with E-state index in [0.717, 1.165) is 30.7 Å². The summed E-state index contributed by atoms with van der Waals surface area (Å²) in [7, 11) is 0. The van der Waals surface area contributed by atoms with Crippen LogP contribution < -0.4 is 5.56 Å². The Labute approximate surface area is 131 Å². The van der Waals surface area contributed by atoms with Gasteiger partial charge in [-0.05, 0) is 24.7 Å². The van der Waals surface area contributed by atoms with Gasteiger partial charge in [0, 0.05) is 17.6 Å². The summed E-state index contributed by atoms with van der Waals surface area (Å²) in [6, 6.07) is 5.54. The number of ether oxygens (including phenoxy) is 1. The monoisotopic (exact) mass is 351 g/mol. The lowest BCUT2D eigenvalue weighted by molar-refractivity contribution is -0.0347. The summed E-state index contributed by atoms with van der Waals surface area (Å²) >= 11 is 3.40. The predicted octanol–water partition coefficient (Wildman–Crippen LogP) is 1.88. The van der Waals surface area contributed by atoms with Crippen LogP contribution in [0.3, 0.4) is 0 Å². The van der Waals surface area contributed by atoms with Crippen LogP contribution in [0, 0.1) is 0 Å². The summed E-state index contributed by atoms with van der Waals surface area (Å²) in [6.07, 6.45) is 1.66. The van der Waals surface area contributed by atoms with E-state index in [0.29, 0.717) is 17.4 Å². The third-order valence-electron chi connectivity index (χ3n) is 3.86. The van der Waals surface area contributed by atoms with Gasteiger partial charge < -0.3 is 4.74 Å². The second-order valence-electron chi connectivity index (χ2n) is 5.25. The highest BCUT2D eigenvalue weighted by molar-refractivity contribution is 9.10. The first-order valence-corrected chi connectivity index (χ1v) is 7.95. The molecule has 112 valence electrons. The van der Waals surface area contributed by atoms with Crippen molar-refractivity contribution in [3.05, 3.63) is 39.4 Å². The molecule has 1 aliphatic heterocycles. The second-order valence-corrected chi connectivity index (χ2v) is 6.17. The fourth-order valence-corrected chi connectivity index (χ4v) is 3.01. The molecule has 2 heterocycles. The molecule has 21 heavy (non-hydrogen) atoms. The number of hydrogen-bond acceptors (Lipinski definition) is 4. The Bertz CT molecular complexity index is 701. The van der Waals surface area contributed by atoms with Crippen LogP contribution in [-0.2, 0) is 11.3 Å². The molecule has 1 fully saturated rings. The van der Waals surface area contributed by atoms with Crippen LogP contribution in [0.15, 0.2) is 33.8 Å². The van der Waals surface area contributed by atoms with Crippen LogP contribution in [0.4, 0.5) is 0 Å². The smallest absolute Gasteiger partial charge is 0.261 e. The van der Waals surface area contributed by atoms with E-state index >= 15 is 0 Å². The summed E-state index contributed by atoms with van der Waals surface area (Å²) in [5.74, 6) is 0. The maximum atomic E-state index is 12.5. The zero-order valence-electron chi connectivity index (χ0n) is 12.0. The van der Waals surface area contributed by atoms with Gasteiger partial charge in [-0.3, -0.25) is 14.3 Å². The molecule has 3 rings (SSSR count). The zero-order chi connectivity index (χ0) is 14.8. The van der Waals surface area contributed by atoms with E-state index in [1.807, 2.05) is 18.2 Å². The molecule has 1 aromatic heterocycles. The number of halogens is 1. The van der Waals surface area contributed by atoms with Crippen LogP contribution >= 0.6 is 15.9 Å². The minimum absolute atomic E-state index is 0.00952. The van der Waals surface area contributed by atoms with Gasteiger partial charge in [0.25, 0.3) is 5.56 Å². The minimum Gasteiger partial charge on any atom is -0.374 e. The second kappa shape index (κ2) is 6.25. The van der Waals surface area contributed by atoms with Gasteiger partial charge in [-0.1, -0.05) is 22.9 Å². The number of nitrogens with zero attached hydrogens (tertiary/aromatic N) is 3. The van der Waals surface area contributed by atoms with Gasteiger partial charge in [0.15, 0.2) is 0 Å². The molecule has 0 saturated carbocycles. The fraction of sp³-hybridized carbons (Fsp3) is 0.467. The molecule has 0 aliphatic carbocycles. The highest BCUT2D eigenvalue weighted by Crippen LogP contribution is 2.15. The Kier molecular flexibility index (Phi) is 4.37. The Morgan fingerprint density at radius 2 is 2.33 bits per heavy atom. The SMILES string of the molecule is CCN1CCOC(Cn2cnc3cc(Br)ccc3c2=O)C1. The maximum absolute atomic E-state index is 12.5. The van der Waals surface area contributed by atoms with Gasteiger partial charge >= 0.3 is 0 Å². The summed E-state index contributed by atoms with van der Waals surface area (Å²) < 4.78 is 8.34. The molecule has 6 heteroatoms. The van der Waals surface area contributed by atoms with E-state index < -0.39 is 0 Å². The first kappa shape index (κ1) is 14.7. The highest BCUT2D eigenvalue weighted by Gasteiger charge is 2.20. The van der Waals surface area contributed by atoms with Crippen molar-refractivity contribution in [2.45, 2.75) is 19.6 Å². The molecule has 1 unspecified atom stereocenters. The van der Waals surface area contributed by atoms with Gasteiger partial charge in [0.05, 0.1) is 36.5 Å². The van der Waals surface area contributed by atoms with Crippen molar-refractivity contribution in [1.82, 2.24) is 14.5 Å². The lowest BCUT2D eigenvalue weighted by atomic mass is 10.2. The first-order valence-electron chi connectivity index (χ1n) is 7.16. The number of morpholine rings is 1. The van der Waals surface area contributed by atoms with Crippen molar-refractivity contribution >= 4 is 26.8 Å². The van der Waals surface area contributed by atoms with Crippen molar-refractivity contribution in [3.63, 3.8) is 0 Å². The average Bonchev–Trinajstić information content (AvgIpc) is 2.50. The lowest BCUT2D eigenvalue weighted by Gasteiger charge is -2.32. The molecule has 1 saturated heterocycles. The van der Waals surface area contributed by atoms with Crippen molar-refractivity contribution in [1.29, 1.82) is 0 Å². The topological polar surface area (TPSA) is 47.4 Å². The first-order chi connectivity index (χ1) is 10.2. The predicted molar refractivity (Wildman–Crippen MR) is 85.6 cm³/mol. The number of hydrogen-bond donors (Lipinski definition) is 0. The number of aromatic nitrogens is 2. The third-order valence-corrected chi connectivity index (χ3v) is 4.35. The molecule has 0 amide bonds. The van der Waals surface area contributed by atoms with Crippen molar-refractivity contribution in [2.24, 2.45) is 0 Å². The van der Waals surface area contributed by atoms with Crippen molar-refractivity contribution in [2.75, 3.05) is 26.2 Å². The van der Waals surface area contributed by atoms with Crippen molar-refractivity contribution in [3.8, 4) is 0 Å². The molecule has 0 N–H and O–H groups in total. The van der Waals surface area contributed by atoms with E-state index in [1.54, 1.807) is 10.9 Å². The number of rotatable bonds is 3. The summed E-state index contributed by atoms with van der Waals surface area (Å²) in [4.78, 5) is 19.2. The third kappa shape index (κ3) is 3.17. The quantitative estimate of drug-likeness (QED) is 0.846. The summed E-state index contributed by atoms with van der Waals surface area (Å²) in [5, 5.41) is 0.642. The lowest BCUT2D eigenvalue weighted by Crippen LogP contribution is -2.45. The van der Waals surface area contributed by atoms with Crippen LogP contribution in [0.1, 0.15) is 6.92 Å². The van der Waals surface area contributed by atoms with Crippen LogP contribution in [0.25, 0.3) is 10.9 Å². The molecule has 0 spiro atoms. The van der Waals surface area contributed by atoms with E-state index in [1.165, 1.54) is 0 Å². The fourth-order valence-electron chi connectivity index (χ4n) is 2.66. The van der Waals surface area contributed by atoms with Gasteiger partial charge in [-0.25, -0.2) is 4.98 Å². The number of likely N-dealkylation sites (N-methyl/N-ethyl adjacent to an activating group) is 1. The standard InChI is InChI=1S/C15H18BrN3O2/c1-2-18-5-6-21-12(8-18)9-19-10-17-14-7-11(16)3-4-13(14)15(19)20/h3-4,7,10,12H,2,5-6,8-9H2,1H3. The van der Waals surface area contributed by atoms with Crippen LogP contribution in [0.5, 0.6) is 0 Å². The van der Waals surface area contributed by atoms with Gasteiger partial charge in [0.1, 0.15) is 0 Å². The van der Waals surface area contributed by atoms with Crippen LogP contribution in [0.2, 0.25) is 0 Å². The maximum Gasteiger partial charge on any atom is 0.261 e. The number of fused-ring (bicyclic) bond motifs is 1. The summed E-state index contributed by atoms with van der Waals surface area (Å²) in [5.41, 5.74) is 0.704. The molecular formula is C15H18BrN3O2. The van der Waals surface area contributed by atoms with Crippen molar-refractivity contribution < 1.29 is 4.74 Å². The molecule has 0 bridgehead atoms. The molecule has 0 radical (unpaired) electrons. The van der Waals surface area contributed by atoms with E-state index in [-0.39, 0.29) is 11.7 Å². The molecular weight excluding hydrogens is 334 g/mol. The van der Waals surface area contributed by atoms with E-state index in [9.17, 15) is 4.79 Å². The molecule has 1 aromatic carbocycles. The Hall–Kier alpha value is -1.24. The minimum atomic E-state index is -0.00952. The molecule has 1 atom stereocenters. The average molecular weight is 352 g/mol. The van der Waals surface area contributed by atoms with Gasteiger partial charge in [0.2, 0.25) is 0 Å². The summed E-state index contributed by atoms with van der Waals surface area (Å²) in [6.45, 7) is 6.26. The Morgan fingerprint density at radius 1 is 1.48 bits per heavy atom. The van der Waals surface area contributed by atoms with E-state index in [2.05, 4.69) is 32.7 Å². The highest BCUT2D eigenvalue weighted by atomic mass is 79.9. The normalized spacial score (nSPS) is 20.0. The zero-order valence-corrected chi connectivity index (χ0v) is 13.5. The van der Waals surface area contributed by atoms with Gasteiger partial charge in [-0.15, -0.1) is 0 Å². The van der Waals surface area contributed by atoms with E-state index in [4.69, 9.17) is 4.74 Å². The number of benzene rings is 1. The Morgan fingerprint density at radius 3 is 3.14 bits per heavy atom. The van der Waals surface area contributed by atoms with Gasteiger partial charge in [-0.2, -0.15) is 0 Å².